The standard InChI is InChI=1S/C23H15ClN4O3/c24-18-4-2-1-3-15(18)12-28-13-17(22(30)21-19(28)9-10-20(29)27-21)23(31)26-16-7-5-14(11-25)6-8-16/h1-10,13H,12H2,(H,26,31)(H,27,29). The first kappa shape index (κ1) is 20.1. The molecule has 0 aliphatic heterocycles. The first-order valence-electron chi connectivity index (χ1n) is 9.27. The second kappa shape index (κ2) is 8.30. The normalized spacial score (nSPS) is 10.6. The first-order valence-corrected chi connectivity index (χ1v) is 9.65. The van der Waals surface area contributed by atoms with Crippen molar-refractivity contribution in [2.75, 3.05) is 5.32 Å². The summed E-state index contributed by atoms with van der Waals surface area (Å²) in [6.07, 6.45) is 1.45. The number of fused-ring (bicyclic) bond motifs is 1. The van der Waals surface area contributed by atoms with Crippen LogP contribution < -0.4 is 16.3 Å². The van der Waals surface area contributed by atoms with Crippen molar-refractivity contribution in [2.45, 2.75) is 6.54 Å². The van der Waals surface area contributed by atoms with Crippen LogP contribution in [0.15, 0.2) is 76.4 Å². The highest BCUT2D eigenvalue weighted by atomic mass is 35.5. The number of nitriles is 1. The van der Waals surface area contributed by atoms with Gasteiger partial charge in [-0.2, -0.15) is 5.26 Å². The van der Waals surface area contributed by atoms with Crippen LogP contribution in [0.2, 0.25) is 5.02 Å². The molecule has 0 aliphatic rings. The summed E-state index contributed by atoms with van der Waals surface area (Å²) in [5, 5.41) is 12.1. The summed E-state index contributed by atoms with van der Waals surface area (Å²) in [6.45, 7) is 0.291. The molecule has 0 saturated heterocycles. The summed E-state index contributed by atoms with van der Waals surface area (Å²) >= 11 is 6.28. The van der Waals surface area contributed by atoms with E-state index < -0.39 is 16.9 Å². The zero-order valence-corrected chi connectivity index (χ0v) is 16.8. The number of carbonyl (C=O) groups is 1. The van der Waals surface area contributed by atoms with Crippen molar-refractivity contribution >= 4 is 34.2 Å². The summed E-state index contributed by atoms with van der Waals surface area (Å²) < 4.78 is 1.70. The summed E-state index contributed by atoms with van der Waals surface area (Å²) in [4.78, 5) is 40.2. The van der Waals surface area contributed by atoms with E-state index in [9.17, 15) is 14.4 Å². The fourth-order valence-corrected chi connectivity index (χ4v) is 3.42. The van der Waals surface area contributed by atoms with Crippen molar-refractivity contribution in [3.63, 3.8) is 0 Å². The van der Waals surface area contributed by atoms with Gasteiger partial charge in [0.2, 0.25) is 11.0 Å². The second-order valence-corrected chi connectivity index (χ2v) is 7.22. The summed E-state index contributed by atoms with van der Waals surface area (Å²) in [7, 11) is 0. The number of rotatable bonds is 4. The number of anilines is 1. The third-order valence-electron chi connectivity index (χ3n) is 4.78. The van der Waals surface area contributed by atoms with E-state index in [-0.39, 0.29) is 11.1 Å². The number of aromatic amines is 1. The first-order chi connectivity index (χ1) is 15.0. The topological polar surface area (TPSA) is 108 Å². The molecule has 1 amide bonds. The Labute approximate surface area is 181 Å². The number of aromatic nitrogens is 2. The van der Waals surface area contributed by atoms with Gasteiger partial charge in [-0.15, -0.1) is 0 Å². The van der Waals surface area contributed by atoms with Crippen LogP contribution in [0.25, 0.3) is 11.0 Å². The molecule has 0 spiro atoms. The highest BCUT2D eigenvalue weighted by Crippen LogP contribution is 2.19. The molecule has 0 saturated carbocycles. The van der Waals surface area contributed by atoms with Crippen LogP contribution in [0.4, 0.5) is 5.69 Å². The number of pyridine rings is 2. The molecule has 2 N–H and O–H groups in total. The van der Waals surface area contributed by atoms with Gasteiger partial charge >= 0.3 is 0 Å². The Balaban J connectivity index is 1.81. The molecule has 0 atom stereocenters. The quantitative estimate of drug-likeness (QED) is 0.516. The van der Waals surface area contributed by atoms with Crippen molar-refractivity contribution < 1.29 is 4.79 Å². The number of amides is 1. The van der Waals surface area contributed by atoms with Crippen molar-refractivity contribution in [3.8, 4) is 6.07 Å². The Morgan fingerprint density at radius 3 is 2.52 bits per heavy atom. The Bertz CT molecular complexity index is 1460. The van der Waals surface area contributed by atoms with E-state index in [0.29, 0.717) is 28.3 Å². The Kier molecular flexibility index (Phi) is 5.39. The Morgan fingerprint density at radius 1 is 1.06 bits per heavy atom. The summed E-state index contributed by atoms with van der Waals surface area (Å²) in [5.41, 5.74) is 1.01. The lowest BCUT2D eigenvalue weighted by Crippen LogP contribution is -2.26. The minimum Gasteiger partial charge on any atom is -0.341 e. The van der Waals surface area contributed by atoms with E-state index >= 15 is 0 Å². The molecule has 2 aromatic carbocycles. The van der Waals surface area contributed by atoms with Crippen LogP contribution in [0.5, 0.6) is 0 Å². The number of hydrogen-bond donors (Lipinski definition) is 2. The highest BCUT2D eigenvalue weighted by molar-refractivity contribution is 6.31. The van der Waals surface area contributed by atoms with E-state index in [0.717, 1.165) is 5.56 Å². The van der Waals surface area contributed by atoms with Crippen molar-refractivity contribution in [2.24, 2.45) is 0 Å². The number of hydrogen-bond acceptors (Lipinski definition) is 4. The maximum Gasteiger partial charge on any atom is 0.261 e. The molecule has 0 radical (unpaired) electrons. The molecule has 2 aromatic heterocycles. The maximum atomic E-state index is 13.0. The van der Waals surface area contributed by atoms with Crippen molar-refractivity contribution in [1.29, 1.82) is 5.26 Å². The van der Waals surface area contributed by atoms with Gasteiger partial charge in [0.25, 0.3) is 5.91 Å². The number of nitrogens with one attached hydrogen (secondary N) is 2. The lowest BCUT2D eigenvalue weighted by Gasteiger charge is -2.14. The average molecular weight is 431 g/mol. The minimum absolute atomic E-state index is 0.0343. The molecule has 0 fully saturated rings. The summed E-state index contributed by atoms with van der Waals surface area (Å²) in [5.74, 6) is -0.630. The van der Waals surface area contributed by atoms with Crippen LogP contribution in [0.1, 0.15) is 21.5 Å². The summed E-state index contributed by atoms with van der Waals surface area (Å²) in [6, 6.07) is 18.4. The second-order valence-electron chi connectivity index (χ2n) is 6.82. The molecule has 31 heavy (non-hydrogen) atoms. The molecule has 4 rings (SSSR count). The monoisotopic (exact) mass is 430 g/mol. The number of H-pyrrole nitrogens is 1. The molecule has 2 heterocycles. The lowest BCUT2D eigenvalue weighted by atomic mass is 10.1. The van der Waals surface area contributed by atoms with E-state index in [4.69, 9.17) is 16.9 Å². The van der Waals surface area contributed by atoms with Crippen LogP contribution >= 0.6 is 11.6 Å². The highest BCUT2D eigenvalue weighted by Gasteiger charge is 2.17. The number of benzene rings is 2. The van der Waals surface area contributed by atoms with Gasteiger partial charge in [-0.05, 0) is 42.0 Å². The van der Waals surface area contributed by atoms with E-state index in [1.165, 1.54) is 18.3 Å². The van der Waals surface area contributed by atoms with E-state index in [1.807, 2.05) is 24.3 Å². The van der Waals surface area contributed by atoms with Gasteiger partial charge in [0.15, 0.2) is 0 Å². The molecular weight excluding hydrogens is 416 g/mol. The molecule has 4 aromatic rings. The minimum atomic E-state index is -0.630. The molecule has 0 unspecified atom stereocenters. The zero-order chi connectivity index (χ0) is 22.0. The number of carbonyl (C=O) groups excluding carboxylic acids is 1. The molecular formula is C23H15ClN4O3. The zero-order valence-electron chi connectivity index (χ0n) is 16.1. The molecule has 8 heteroatoms. The fraction of sp³-hybridized carbons (Fsp3) is 0.0435. The van der Waals surface area contributed by atoms with Gasteiger partial charge in [-0.1, -0.05) is 29.8 Å². The van der Waals surface area contributed by atoms with Crippen LogP contribution in [0, 0.1) is 11.3 Å². The van der Waals surface area contributed by atoms with Gasteiger partial charge in [0, 0.05) is 29.5 Å². The van der Waals surface area contributed by atoms with Gasteiger partial charge in [-0.3, -0.25) is 14.4 Å². The third kappa shape index (κ3) is 4.10. The Morgan fingerprint density at radius 2 is 1.81 bits per heavy atom. The number of nitrogens with zero attached hydrogens (tertiary/aromatic N) is 2. The van der Waals surface area contributed by atoms with Crippen LogP contribution in [-0.2, 0) is 6.54 Å². The van der Waals surface area contributed by atoms with Gasteiger partial charge in [0.05, 0.1) is 17.1 Å². The largest absolute Gasteiger partial charge is 0.341 e. The smallest absolute Gasteiger partial charge is 0.261 e. The van der Waals surface area contributed by atoms with Gasteiger partial charge in [0.1, 0.15) is 11.1 Å². The Hall–Kier alpha value is -4.15. The number of halogens is 1. The van der Waals surface area contributed by atoms with E-state index in [1.54, 1.807) is 34.9 Å². The van der Waals surface area contributed by atoms with Gasteiger partial charge in [-0.25, -0.2) is 0 Å². The van der Waals surface area contributed by atoms with E-state index in [2.05, 4.69) is 10.3 Å². The van der Waals surface area contributed by atoms with Crippen molar-refractivity contribution in [1.82, 2.24) is 9.55 Å². The average Bonchev–Trinajstić information content (AvgIpc) is 2.77. The molecule has 0 aliphatic carbocycles. The SMILES string of the molecule is N#Cc1ccc(NC(=O)c2cn(Cc3ccccc3Cl)c3ccc(=O)[nH]c3c2=O)cc1. The predicted octanol–water partition coefficient (Wildman–Crippen LogP) is 3.52. The maximum absolute atomic E-state index is 13.0. The molecule has 0 bridgehead atoms. The predicted molar refractivity (Wildman–Crippen MR) is 118 cm³/mol. The molecule has 152 valence electrons. The van der Waals surface area contributed by atoms with Crippen molar-refractivity contribution in [3.05, 3.63) is 109 Å². The fourth-order valence-electron chi connectivity index (χ4n) is 3.23. The van der Waals surface area contributed by atoms with Crippen LogP contribution in [0.3, 0.4) is 0 Å². The molecule has 7 nitrogen and oxygen atoms in total. The van der Waals surface area contributed by atoms with Crippen LogP contribution in [-0.4, -0.2) is 15.5 Å². The van der Waals surface area contributed by atoms with Gasteiger partial charge < -0.3 is 14.9 Å². The third-order valence-corrected chi connectivity index (χ3v) is 5.15. The lowest BCUT2D eigenvalue weighted by molar-refractivity contribution is 0.102.